The largest absolute Gasteiger partial charge is 0.497 e. The number of benzene rings is 1. The molecule has 0 saturated heterocycles. The Labute approximate surface area is 73.3 Å². The second-order valence-corrected chi connectivity index (χ2v) is 2.83. The minimum Gasteiger partial charge on any atom is -0.497 e. The fourth-order valence-corrected chi connectivity index (χ4v) is 1.20. The van der Waals surface area contributed by atoms with Crippen LogP contribution in [-0.4, -0.2) is 13.7 Å². The summed E-state index contributed by atoms with van der Waals surface area (Å²) in [6.07, 6.45) is 0.920. The van der Waals surface area contributed by atoms with Crippen LogP contribution in [0.5, 0.6) is 5.75 Å². The van der Waals surface area contributed by atoms with Gasteiger partial charge in [-0.15, -0.1) is 0 Å². The molecule has 0 spiro atoms. The molecule has 12 heavy (non-hydrogen) atoms. The van der Waals surface area contributed by atoms with Crippen LogP contribution in [0.15, 0.2) is 18.2 Å². The summed E-state index contributed by atoms with van der Waals surface area (Å²) < 4.78 is 5.12. The van der Waals surface area contributed by atoms with Crippen LogP contribution in [0.25, 0.3) is 0 Å². The smallest absolute Gasteiger partial charge is 0.119 e. The Kier molecular flexibility index (Phi) is 3.11. The summed E-state index contributed by atoms with van der Waals surface area (Å²) in [6, 6.07) is 6.07. The average Bonchev–Trinajstić information content (AvgIpc) is 2.09. The number of hydrogen-bond donors (Lipinski definition) is 1. The Morgan fingerprint density at radius 1 is 1.42 bits per heavy atom. The molecule has 0 amide bonds. The Bertz CT molecular complexity index is 258. The molecule has 0 heterocycles. The number of aryl methyl sites for hydroxylation is 1. The molecule has 0 radical (unpaired) electrons. The molecule has 66 valence electrons. The maximum atomic E-state index is 5.48. The first-order chi connectivity index (χ1) is 5.77. The van der Waals surface area contributed by atoms with E-state index in [4.69, 9.17) is 10.5 Å². The highest BCUT2D eigenvalue weighted by Crippen LogP contribution is 2.16. The molecular weight excluding hydrogens is 150 g/mol. The SMILES string of the molecule is COc1ccc(C)c(CCN)c1. The van der Waals surface area contributed by atoms with Gasteiger partial charge in [-0.1, -0.05) is 6.07 Å². The molecule has 0 unspecified atom stereocenters. The normalized spacial score (nSPS) is 9.92. The highest BCUT2D eigenvalue weighted by atomic mass is 16.5. The summed E-state index contributed by atoms with van der Waals surface area (Å²) in [5.41, 5.74) is 8.03. The van der Waals surface area contributed by atoms with Gasteiger partial charge in [0.2, 0.25) is 0 Å². The highest BCUT2D eigenvalue weighted by molar-refractivity contribution is 5.34. The first kappa shape index (κ1) is 9.07. The second kappa shape index (κ2) is 4.12. The van der Waals surface area contributed by atoms with Crippen molar-refractivity contribution in [2.45, 2.75) is 13.3 Å². The topological polar surface area (TPSA) is 35.2 Å². The lowest BCUT2D eigenvalue weighted by molar-refractivity contribution is 0.414. The van der Waals surface area contributed by atoms with Crippen LogP contribution in [0.1, 0.15) is 11.1 Å². The van der Waals surface area contributed by atoms with Crippen LogP contribution < -0.4 is 10.5 Å². The number of ether oxygens (including phenoxy) is 1. The quantitative estimate of drug-likeness (QED) is 0.736. The monoisotopic (exact) mass is 165 g/mol. The van der Waals surface area contributed by atoms with Crippen molar-refractivity contribution in [1.29, 1.82) is 0 Å². The number of methoxy groups -OCH3 is 1. The molecule has 0 atom stereocenters. The van der Waals surface area contributed by atoms with Gasteiger partial charge in [0.25, 0.3) is 0 Å². The molecule has 0 aliphatic heterocycles. The van der Waals surface area contributed by atoms with E-state index in [9.17, 15) is 0 Å². The number of hydrogen-bond acceptors (Lipinski definition) is 2. The van der Waals surface area contributed by atoms with Gasteiger partial charge in [0.05, 0.1) is 7.11 Å². The van der Waals surface area contributed by atoms with Crippen LogP contribution in [0, 0.1) is 6.92 Å². The maximum absolute atomic E-state index is 5.48. The van der Waals surface area contributed by atoms with Crippen LogP contribution >= 0.6 is 0 Å². The highest BCUT2D eigenvalue weighted by Gasteiger charge is 1.98. The lowest BCUT2D eigenvalue weighted by atomic mass is 10.1. The van der Waals surface area contributed by atoms with Crippen molar-refractivity contribution in [3.63, 3.8) is 0 Å². The molecule has 0 aliphatic rings. The van der Waals surface area contributed by atoms with Gasteiger partial charge in [-0.25, -0.2) is 0 Å². The van der Waals surface area contributed by atoms with E-state index < -0.39 is 0 Å². The van der Waals surface area contributed by atoms with Crippen LogP contribution in [-0.2, 0) is 6.42 Å². The molecule has 0 aliphatic carbocycles. The van der Waals surface area contributed by atoms with E-state index in [-0.39, 0.29) is 0 Å². The zero-order valence-corrected chi connectivity index (χ0v) is 7.63. The first-order valence-electron chi connectivity index (χ1n) is 4.11. The zero-order valence-electron chi connectivity index (χ0n) is 7.63. The van der Waals surface area contributed by atoms with Gasteiger partial charge in [0, 0.05) is 0 Å². The van der Waals surface area contributed by atoms with Crippen LogP contribution in [0.3, 0.4) is 0 Å². The fourth-order valence-electron chi connectivity index (χ4n) is 1.20. The molecule has 1 aromatic rings. The number of nitrogens with two attached hydrogens (primary N) is 1. The maximum Gasteiger partial charge on any atom is 0.119 e. The van der Waals surface area contributed by atoms with E-state index in [1.807, 2.05) is 12.1 Å². The standard InChI is InChI=1S/C10H15NO/c1-8-3-4-10(12-2)7-9(8)5-6-11/h3-4,7H,5-6,11H2,1-2H3. The number of rotatable bonds is 3. The van der Waals surface area contributed by atoms with Crippen molar-refractivity contribution < 1.29 is 4.74 Å². The van der Waals surface area contributed by atoms with E-state index in [1.165, 1.54) is 11.1 Å². The summed E-state index contributed by atoms with van der Waals surface area (Å²) in [5.74, 6) is 0.907. The molecule has 0 aromatic heterocycles. The van der Waals surface area contributed by atoms with Gasteiger partial charge in [0.1, 0.15) is 5.75 Å². The Morgan fingerprint density at radius 2 is 2.17 bits per heavy atom. The molecular formula is C10H15NO. The van der Waals surface area contributed by atoms with Crippen molar-refractivity contribution in [2.24, 2.45) is 5.73 Å². The predicted octanol–water partition coefficient (Wildman–Crippen LogP) is 1.50. The van der Waals surface area contributed by atoms with E-state index in [0.717, 1.165) is 12.2 Å². The van der Waals surface area contributed by atoms with Crippen molar-refractivity contribution in [2.75, 3.05) is 13.7 Å². The molecule has 1 aromatic carbocycles. The zero-order chi connectivity index (χ0) is 8.97. The van der Waals surface area contributed by atoms with Gasteiger partial charge in [-0.2, -0.15) is 0 Å². The molecule has 0 fully saturated rings. The van der Waals surface area contributed by atoms with Gasteiger partial charge < -0.3 is 10.5 Å². The van der Waals surface area contributed by atoms with Crippen molar-refractivity contribution in [1.82, 2.24) is 0 Å². The van der Waals surface area contributed by atoms with Gasteiger partial charge in [0.15, 0.2) is 0 Å². The van der Waals surface area contributed by atoms with Crippen molar-refractivity contribution >= 4 is 0 Å². The van der Waals surface area contributed by atoms with E-state index in [0.29, 0.717) is 6.54 Å². The van der Waals surface area contributed by atoms with Crippen LogP contribution in [0.4, 0.5) is 0 Å². The minimum atomic E-state index is 0.688. The Balaban J connectivity index is 2.91. The molecule has 2 N–H and O–H groups in total. The molecule has 2 nitrogen and oxygen atoms in total. The lowest BCUT2D eigenvalue weighted by Gasteiger charge is -2.06. The van der Waals surface area contributed by atoms with E-state index >= 15 is 0 Å². The summed E-state index contributed by atoms with van der Waals surface area (Å²) >= 11 is 0. The Hall–Kier alpha value is -1.02. The molecule has 2 heteroatoms. The van der Waals surface area contributed by atoms with Crippen molar-refractivity contribution in [3.05, 3.63) is 29.3 Å². The molecule has 0 bridgehead atoms. The minimum absolute atomic E-state index is 0.688. The molecule has 1 rings (SSSR count). The summed E-state index contributed by atoms with van der Waals surface area (Å²) in [5, 5.41) is 0. The van der Waals surface area contributed by atoms with E-state index in [1.54, 1.807) is 7.11 Å². The first-order valence-corrected chi connectivity index (χ1v) is 4.11. The van der Waals surface area contributed by atoms with E-state index in [2.05, 4.69) is 13.0 Å². The average molecular weight is 165 g/mol. The Morgan fingerprint density at radius 3 is 2.75 bits per heavy atom. The summed E-state index contributed by atoms with van der Waals surface area (Å²) in [6.45, 7) is 2.78. The van der Waals surface area contributed by atoms with Gasteiger partial charge >= 0.3 is 0 Å². The third-order valence-electron chi connectivity index (χ3n) is 1.97. The lowest BCUT2D eigenvalue weighted by Crippen LogP contribution is -2.04. The summed E-state index contributed by atoms with van der Waals surface area (Å²) in [4.78, 5) is 0. The summed E-state index contributed by atoms with van der Waals surface area (Å²) in [7, 11) is 1.68. The van der Waals surface area contributed by atoms with Gasteiger partial charge in [-0.3, -0.25) is 0 Å². The molecule has 0 saturated carbocycles. The second-order valence-electron chi connectivity index (χ2n) is 2.83. The van der Waals surface area contributed by atoms with Crippen molar-refractivity contribution in [3.8, 4) is 5.75 Å². The predicted molar refractivity (Wildman–Crippen MR) is 50.5 cm³/mol. The fraction of sp³-hybridized carbons (Fsp3) is 0.400. The third-order valence-corrected chi connectivity index (χ3v) is 1.97. The third kappa shape index (κ3) is 1.98. The van der Waals surface area contributed by atoms with Crippen LogP contribution in [0.2, 0.25) is 0 Å². The van der Waals surface area contributed by atoms with Gasteiger partial charge in [-0.05, 0) is 43.1 Å².